The van der Waals surface area contributed by atoms with E-state index in [0.29, 0.717) is 0 Å². The molecule has 2 fully saturated rings. The highest BCUT2D eigenvalue weighted by Crippen LogP contribution is 2.35. The lowest BCUT2D eigenvalue weighted by Gasteiger charge is -2.42. The molecule has 0 saturated carbocycles. The Morgan fingerprint density at radius 1 is 0.864 bits per heavy atom. The highest BCUT2D eigenvalue weighted by atomic mass is 16.8. The van der Waals surface area contributed by atoms with Crippen LogP contribution in [-0.2, 0) is 75.1 Å². The molecule has 2 saturated heterocycles. The Bertz CT molecular complexity index is 2450. The zero-order chi connectivity index (χ0) is 47.7. The number of hydrogen-bond acceptors (Lipinski definition) is 23. The van der Waals surface area contributed by atoms with Gasteiger partial charge < -0.3 is 57.3 Å². The first kappa shape index (κ1) is 47.8. The van der Waals surface area contributed by atoms with E-state index in [0.717, 1.165) is 50.3 Å². The van der Waals surface area contributed by atoms with Crippen LogP contribution in [0, 0.1) is 10.1 Å². The molecule has 2 aromatic carbocycles. The molecule has 0 bridgehead atoms. The Morgan fingerprint density at radius 2 is 1.55 bits per heavy atom. The number of aliphatic hydroxyl groups is 1. The molecule has 2 aromatic heterocycles. The van der Waals surface area contributed by atoms with Gasteiger partial charge in [-0.05, 0) is 17.2 Å². The van der Waals surface area contributed by atoms with Gasteiger partial charge in [0.25, 0.3) is 0 Å². The molecule has 1 amide bonds. The van der Waals surface area contributed by atoms with Gasteiger partial charge in [-0.15, -0.1) is 4.73 Å². The predicted molar refractivity (Wildman–Crippen MR) is 213 cm³/mol. The summed E-state index contributed by atoms with van der Waals surface area (Å²) in [6.45, 7) is 3.18. The average Bonchev–Trinajstić information content (AvgIpc) is 3.86. The van der Waals surface area contributed by atoms with Gasteiger partial charge in [-0.25, -0.2) is 14.6 Å². The highest BCUT2D eigenvalue weighted by Gasteiger charge is 2.56. The number of carbonyl (C=O) groups excluding carboxylic acids is 6. The molecule has 4 aromatic rings. The third kappa shape index (κ3) is 11.9. The van der Waals surface area contributed by atoms with Crippen molar-refractivity contribution in [2.24, 2.45) is 0 Å². The quantitative estimate of drug-likeness (QED) is 0.0657. The number of fused-ring (bicyclic) bond motifs is 1. The number of aromatic nitrogens is 4. The lowest BCUT2D eigenvalue weighted by atomic mass is 9.97. The maximum Gasteiger partial charge on any atom is 0.414 e. The fraction of sp³-hybridized carbons (Fsp3) is 0.425. The smallest absolute Gasteiger partial charge is 0.414 e. The number of carbonyl (C=O) groups is 6. The van der Waals surface area contributed by atoms with Gasteiger partial charge in [-0.1, -0.05) is 36.4 Å². The number of esters is 5. The van der Waals surface area contributed by atoms with Crippen molar-refractivity contribution in [1.82, 2.24) is 19.7 Å². The second kappa shape index (κ2) is 21.3. The number of nitrogens with one attached hydrogen (secondary N) is 1. The number of rotatable bonds is 17. The summed E-state index contributed by atoms with van der Waals surface area (Å²) in [5.74, 6) is -5.49. The van der Waals surface area contributed by atoms with Crippen LogP contribution in [-0.4, -0.2) is 129 Å². The van der Waals surface area contributed by atoms with Gasteiger partial charge in [0.15, 0.2) is 29.6 Å². The van der Waals surface area contributed by atoms with Gasteiger partial charge in [0.05, 0.1) is 25.1 Å². The molecule has 26 heteroatoms. The number of anilines is 1. The molecule has 2 N–H and O–H groups in total. The molecule has 66 heavy (non-hydrogen) atoms. The summed E-state index contributed by atoms with van der Waals surface area (Å²) < 4.78 is 55.5. The number of nitro groups is 1. The van der Waals surface area contributed by atoms with Crippen molar-refractivity contribution in [2.45, 2.75) is 96.5 Å². The number of imidazole rings is 1. The number of methoxy groups -OCH3 is 1. The van der Waals surface area contributed by atoms with Crippen molar-refractivity contribution in [3.05, 3.63) is 76.1 Å². The van der Waals surface area contributed by atoms with Gasteiger partial charge in [0.2, 0.25) is 36.2 Å². The average molecular weight is 927 g/mol. The lowest BCUT2D eigenvalue weighted by molar-refractivity contribution is -0.387. The van der Waals surface area contributed by atoms with E-state index in [2.05, 4.69) is 20.3 Å². The minimum absolute atomic E-state index is 0.00784. The molecule has 0 unspecified atom stereocenters. The summed E-state index contributed by atoms with van der Waals surface area (Å²) >= 11 is 0. The second-order valence-electron chi connectivity index (χ2n) is 14.2. The van der Waals surface area contributed by atoms with Crippen LogP contribution in [0.15, 0.2) is 54.9 Å². The summed E-state index contributed by atoms with van der Waals surface area (Å²) in [4.78, 5) is 104. The third-order valence-electron chi connectivity index (χ3n) is 9.33. The standard InChI is InChI=1S/C40H42N6O20/c1-19(48)59-27-14-29(63-28(27)15-47)66-45-18-41-30-35(45)42-39(43-36(30)57-16-23-9-7-6-8-10-23)44-40(53)58-17-24-11-12-26(25(13-24)46(54)55)64-38-34(62-22(4)51)32(61-21(3)50)31(60-20(2)49)33(65-38)37(52)56-5/h6-13,18,27-29,31-34,38,47H,14-17H2,1-5H3,(H,42,43,44,53)/t27-,28+,29-,31-,32-,33-,34+,38+/m0/s1. The van der Waals surface area contributed by atoms with E-state index in [1.165, 1.54) is 19.3 Å². The van der Waals surface area contributed by atoms with Crippen LogP contribution in [0.25, 0.3) is 11.2 Å². The SMILES string of the molecule is COC(=O)[C@H]1O[C@@H](Oc2ccc(COC(=O)Nc3nc(OCc4ccccc4)c4ncn(O[C@H]5C[C@H](OC(C)=O)[C@@H](CO)O5)c4n3)cc2[N+](=O)[O-])[C@H](OC(C)=O)[C@@H](OC(C)=O)[C@@H]1OC(C)=O. The molecule has 4 heterocycles. The first-order chi connectivity index (χ1) is 31.5. The molecule has 26 nitrogen and oxygen atoms in total. The van der Waals surface area contributed by atoms with Crippen molar-refractivity contribution in [3.8, 4) is 11.6 Å². The zero-order valence-corrected chi connectivity index (χ0v) is 35.6. The van der Waals surface area contributed by atoms with Gasteiger partial charge in [0.1, 0.15) is 31.7 Å². The van der Waals surface area contributed by atoms with Crippen LogP contribution < -0.4 is 19.6 Å². The van der Waals surface area contributed by atoms with Crippen molar-refractivity contribution < 1.29 is 91.0 Å². The van der Waals surface area contributed by atoms with E-state index in [-0.39, 0.29) is 41.6 Å². The first-order valence-electron chi connectivity index (χ1n) is 19.7. The maximum atomic E-state index is 13.2. The van der Waals surface area contributed by atoms with Crippen LogP contribution in [0.4, 0.5) is 16.4 Å². The number of ether oxygens (including phenoxy) is 10. The van der Waals surface area contributed by atoms with Crippen molar-refractivity contribution in [3.63, 3.8) is 0 Å². The third-order valence-corrected chi connectivity index (χ3v) is 9.33. The Labute approximate surface area is 372 Å². The predicted octanol–water partition coefficient (Wildman–Crippen LogP) is 1.60. The van der Waals surface area contributed by atoms with E-state index >= 15 is 0 Å². The first-order valence-corrected chi connectivity index (χ1v) is 19.7. The summed E-state index contributed by atoms with van der Waals surface area (Å²) in [5, 5.41) is 24.5. The number of nitrogens with zero attached hydrogens (tertiary/aromatic N) is 5. The Hall–Kier alpha value is -7.71. The number of benzene rings is 2. The Morgan fingerprint density at radius 3 is 2.20 bits per heavy atom. The molecule has 2 aliphatic heterocycles. The monoisotopic (exact) mass is 926 g/mol. The molecular weight excluding hydrogens is 884 g/mol. The van der Waals surface area contributed by atoms with Gasteiger partial charge in [-0.2, -0.15) is 9.97 Å². The molecule has 6 rings (SSSR count). The van der Waals surface area contributed by atoms with Gasteiger partial charge in [0, 0.05) is 33.8 Å². The van der Waals surface area contributed by atoms with Crippen molar-refractivity contribution in [1.29, 1.82) is 0 Å². The second-order valence-corrected chi connectivity index (χ2v) is 14.2. The van der Waals surface area contributed by atoms with E-state index in [4.69, 9.17) is 52.2 Å². The van der Waals surface area contributed by atoms with Crippen LogP contribution in [0.5, 0.6) is 11.6 Å². The Balaban J connectivity index is 1.21. The number of amides is 1. The summed E-state index contributed by atoms with van der Waals surface area (Å²) in [7, 11) is 0.986. The van der Waals surface area contributed by atoms with Crippen molar-refractivity contribution in [2.75, 3.05) is 19.0 Å². The molecule has 352 valence electrons. The number of aliphatic hydroxyl groups excluding tert-OH is 1. The molecule has 0 spiro atoms. The zero-order valence-electron chi connectivity index (χ0n) is 35.6. The van der Waals surface area contributed by atoms with Crippen LogP contribution in [0.1, 0.15) is 45.2 Å². The van der Waals surface area contributed by atoms with E-state index in [1.54, 1.807) is 24.3 Å². The minimum Gasteiger partial charge on any atom is -0.471 e. The van der Waals surface area contributed by atoms with Crippen LogP contribution in [0.3, 0.4) is 0 Å². The minimum atomic E-state index is -1.90. The summed E-state index contributed by atoms with van der Waals surface area (Å²) in [5.41, 5.74) is 0.208. The van der Waals surface area contributed by atoms with E-state index in [9.17, 15) is 44.0 Å². The normalized spacial score (nSPS) is 22.3. The fourth-order valence-electron chi connectivity index (χ4n) is 6.66. The van der Waals surface area contributed by atoms with Gasteiger partial charge in [-0.3, -0.25) is 34.6 Å². The fourth-order valence-corrected chi connectivity index (χ4v) is 6.66. The molecule has 2 aliphatic rings. The maximum absolute atomic E-state index is 13.2. The largest absolute Gasteiger partial charge is 0.471 e. The molecule has 0 aliphatic carbocycles. The van der Waals surface area contributed by atoms with E-state index in [1.807, 2.05) is 6.07 Å². The topological polar surface area (TPSA) is 323 Å². The summed E-state index contributed by atoms with van der Waals surface area (Å²) in [6.07, 6.45) is -11.5. The van der Waals surface area contributed by atoms with Crippen molar-refractivity contribution >= 4 is 58.7 Å². The van der Waals surface area contributed by atoms with Crippen LogP contribution in [0.2, 0.25) is 0 Å². The molecule has 0 radical (unpaired) electrons. The highest BCUT2D eigenvalue weighted by molar-refractivity contribution is 5.85. The van der Waals surface area contributed by atoms with Gasteiger partial charge >= 0.3 is 41.6 Å². The number of nitro benzene ring substituents is 1. The van der Waals surface area contributed by atoms with E-state index < -0.39 is 115 Å². The Kier molecular flexibility index (Phi) is 15.4. The summed E-state index contributed by atoms with van der Waals surface area (Å²) in [6, 6.07) is 12.4. The lowest BCUT2D eigenvalue weighted by Crippen LogP contribution is -2.64. The molecule has 8 atom stereocenters. The number of hydrogen-bond donors (Lipinski definition) is 2. The molecular formula is C40H42N6O20. The van der Waals surface area contributed by atoms with Crippen LogP contribution >= 0.6 is 0 Å².